The van der Waals surface area contributed by atoms with E-state index in [2.05, 4.69) is 45.1 Å². The van der Waals surface area contributed by atoms with Crippen molar-refractivity contribution in [2.75, 3.05) is 31.1 Å². The molecule has 1 saturated heterocycles. The second-order valence-corrected chi connectivity index (χ2v) is 6.47. The summed E-state index contributed by atoms with van der Waals surface area (Å²) in [7, 11) is 0. The maximum atomic E-state index is 9.28. The van der Waals surface area contributed by atoms with Crippen LogP contribution in [0.5, 0.6) is 0 Å². The Kier molecular flexibility index (Phi) is 4.53. The Hall–Kier alpha value is -1.43. The molecule has 0 spiro atoms. The SMILES string of the molecule is Cc1nc(N2CCN(Cc3ccccc3)CC2)sc1CO. The van der Waals surface area contributed by atoms with E-state index in [1.807, 2.05) is 6.92 Å². The quantitative estimate of drug-likeness (QED) is 0.940. The van der Waals surface area contributed by atoms with Gasteiger partial charge in [-0.1, -0.05) is 41.7 Å². The number of anilines is 1. The van der Waals surface area contributed by atoms with Gasteiger partial charge in [-0.2, -0.15) is 0 Å². The minimum absolute atomic E-state index is 0.0947. The Morgan fingerprint density at radius 3 is 2.48 bits per heavy atom. The molecular weight excluding hydrogens is 282 g/mol. The van der Waals surface area contributed by atoms with Gasteiger partial charge < -0.3 is 10.0 Å². The number of rotatable bonds is 4. The maximum Gasteiger partial charge on any atom is 0.185 e. The first kappa shape index (κ1) is 14.5. The maximum absolute atomic E-state index is 9.28. The number of hydrogen-bond acceptors (Lipinski definition) is 5. The molecule has 112 valence electrons. The van der Waals surface area contributed by atoms with E-state index in [1.54, 1.807) is 11.3 Å². The van der Waals surface area contributed by atoms with Crippen molar-refractivity contribution >= 4 is 16.5 Å². The summed E-state index contributed by atoms with van der Waals surface area (Å²) in [5.41, 5.74) is 2.34. The summed E-state index contributed by atoms with van der Waals surface area (Å²) in [6, 6.07) is 10.6. The molecule has 1 aromatic heterocycles. The number of hydrogen-bond donors (Lipinski definition) is 1. The van der Waals surface area contributed by atoms with E-state index >= 15 is 0 Å². The van der Waals surface area contributed by atoms with Gasteiger partial charge in [0.05, 0.1) is 17.2 Å². The van der Waals surface area contributed by atoms with Crippen LogP contribution in [0.2, 0.25) is 0 Å². The van der Waals surface area contributed by atoms with Gasteiger partial charge in [0, 0.05) is 32.7 Å². The molecule has 2 heterocycles. The Morgan fingerprint density at radius 2 is 1.86 bits per heavy atom. The topological polar surface area (TPSA) is 39.6 Å². The molecule has 0 aliphatic carbocycles. The number of aliphatic hydroxyl groups is 1. The first-order valence-electron chi connectivity index (χ1n) is 7.34. The van der Waals surface area contributed by atoms with Crippen LogP contribution in [-0.2, 0) is 13.2 Å². The molecule has 3 rings (SSSR count). The van der Waals surface area contributed by atoms with Crippen molar-refractivity contribution in [2.24, 2.45) is 0 Å². The lowest BCUT2D eigenvalue weighted by Gasteiger charge is -2.34. The van der Waals surface area contributed by atoms with Gasteiger partial charge in [-0.05, 0) is 12.5 Å². The molecule has 0 bridgehead atoms. The third kappa shape index (κ3) is 3.43. The first-order chi connectivity index (χ1) is 10.3. The van der Waals surface area contributed by atoms with E-state index in [-0.39, 0.29) is 6.61 Å². The van der Waals surface area contributed by atoms with Crippen LogP contribution in [0.3, 0.4) is 0 Å². The fraction of sp³-hybridized carbons (Fsp3) is 0.438. The van der Waals surface area contributed by atoms with Crippen LogP contribution < -0.4 is 4.90 Å². The van der Waals surface area contributed by atoms with Crippen LogP contribution in [0.25, 0.3) is 0 Å². The van der Waals surface area contributed by atoms with Gasteiger partial charge in [0.1, 0.15) is 0 Å². The van der Waals surface area contributed by atoms with Gasteiger partial charge in [0.2, 0.25) is 0 Å². The Morgan fingerprint density at radius 1 is 1.14 bits per heavy atom. The van der Waals surface area contributed by atoms with Crippen LogP contribution >= 0.6 is 11.3 Å². The highest BCUT2D eigenvalue weighted by Gasteiger charge is 2.20. The molecule has 0 atom stereocenters. The third-order valence-electron chi connectivity index (χ3n) is 3.92. The molecule has 1 fully saturated rings. The van der Waals surface area contributed by atoms with Gasteiger partial charge in [-0.25, -0.2) is 4.98 Å². The van der Waals surface area contributed by atoms with E-state index in [9.17, 15) is 5.11 Å². The van der Waals surface area contributed by atoms with Crippen LogP contribution in [0, 0.1) is 6.92 Å². The molecule has 1 N–H and O–H groups in total. The predicted octanol–water partition coefficient (Wildman–Crippen LogP) is 2.27. The fourth-order valence-corrected chi connectivity index (χ4v) is 3.61. The normalized spacial score (nSPS) is 16.4. The highest BCUT2D eigenvalue weighted by Crippen LogP contribution is 2.27. The number of piperazine rings is 1. The lowest BCUT2D eigenvalue weighted by Crippen LogP contribution is -2.45. The number of nitrogens with zero attached hydrogens (tertiary/aromatic N) is 3. The van der Waals surface area contributed by atoms with Crippen LogP contribution in [0.1, 0.15) is 16.1 Å². The summed E-state index contributed by atoms with van der Waals surface area (Å²) in [5.74, 6) is 0. The molecule has 0 unspecified atom stereocenters. The van der Waals surface area contributed by atoms with Gasteiger partial charge in [-0.3, -0.25) is 4.90 Å². The second-order valence-electron chi connectivity index (χ2n) is 5.41. The van der Waals surface area contributed by atoms with Crippen molar-refractivity contribution in [1.82, 2.24) is 9.88 Å². The van der Waals surface area contributed by atoms with Gasteiger partial charge in [0.25, 0.3) is 0 Å². The van der Waals surface area contributed by atoms with E-state index in [4.69, 9.17) is 0 Å². The Labute approximate surface area is 129 Å². The monoisotopic (exact) mass is 303 g/mol. The highest BCUT2D eigenvalue weighted by molar-refractivity contribution is 7.15. The van der Waals surface area contributed by atoms with Crippen LogP contribution in [0.4, 0.5) is 5.13 Å². The average Bonchev–Trinajstić information content (AvgIpc) is 2.90. The lowest BCUT2D eigenvalue weighted by molar-refractivity contribution is 0.250. The summed E-state index contributed by atoms with van der Waals surface area (Å²) in [6.45, 7) is 7.21. The average molecular weight is 303 g/mol. The third-order valence-corrected chi connectivity index (χ3v) is 5.12. The Bertz CT molecular complexity index is 576. The molecule has 5 heteroatoms. The minimum atomic E-state index is 0.0947. The van der Waals surface area contributed by atoms with Crippen molar-refractivity contribution < 1.29 is 5.11 Å². The zero-order valence-electron chi connectivity index (χ0n) is 12.3. The zero-order chi connectivity index (χ0) is 14.7. The largest absolute Gasteiger partial charge is 0.391 e. The molecular formula is C16H21N3OS. The standard InChI is InChI=1S/C16H21N3OS/c1-13-15(12-20)21-16(17-13)19-9-7-18(8-10-19)11-14-5-3-2-4-6-14/h2-6,20H,7-12H2,1H3. The van der Waals surface area contributed by atoms with Crippen LogP contribution in [-0.4, -0.2) is 41.2 Å². The van der Waals surface area contributed by atoms with Crippen molar-refractivity contribution in [3.63, 3.8) is 0 Å². The van der Waals surface area contributed by atoms with Crippen molar-refractivity contribution in [1.29, 1.82) is 0 Å². The first-order valence-corrected chi connectivity index (χ1v) is 8.16. The fourth-order valence-electron chi connectivity index (χ4n) is 2.63. The highest BCUT2D eigenvalue weighted by atomic mass is 32.1. The van der Waals surface area contributed by atoms with Crippen molar-refractivity contribution in [2.45, 2.75) is 20.1 Å². The number of benzene rings is 1. The number of thiazole rings is 1. The molecule has 0 saturated carbocycles. The molecule has 2 aromatic rings. The summed E-state index contributed by atoms with van der Waals surface area (Å²) in [4.78, 5) is 10.4. The second kappa shape index (κ2) is 6.56. The summed E-state index contributed by atoms with van der Waals surface area (Å²) >= 11 is 1.62. The van der Waals surface area contributed by atoms with Gasteiger partial charge in [0.15, 0.2) is 5.13 Å². The minimum Gasteiger partial charge on any atom is -0.391 e. The van der Waals surface area contributed by atoms with E-state index in [0.717, 1.165) is 48.4 Å². The number of aliphatic hydroxyl groups excluding tert-OH is 1. The molecule has 1 aromatic carbocycles. The molecule has 1 aliphatic rings. The van der Waals surface area contributed by atoms with Crippen molar-refractivity contribution in [3.8, 4) is 0 Å². The van der Waals surface area contributed by atoms with E-state index in [0.29, 0.717) is 0 Å². The molecule has 21 heavy (non-hydrogen) atoms. The predicted molar refractivity (Wildman–Crippen MR) is 86.7 cm³/mol. The van der Waals surface area contributed by atoms with Gasteiger partial charge >= 0.3 is 0 Å². The molecule has 1 aliphatic heterocycles. The molecule has 0 radical (unpaired) electrons. The smallest absolute Gasteiger partial charge is 0.185 e. The molecule has 0 amide bonds. The van der Waals surface area contributed by atoms with Crippen LogP contribution in [0.15, 0.2) is 30.3 Å². The molecule has 4 nitrogen and oxygen atoms in total. The lowest BCUT2D eigenvalue weighted by atomic mass is 10.2. The zero-order valence-corrected chi connectivity index (χ0v) is 13.1. The van der Waals surface area contributed by atoms with E-state index < -0.39 is 0 Å². The summed E-state index contributed by atoms with van der Waals surface area (Å²) < 4.78 is 0. The summed E-state index contributed by atoms with van der Waals surface area (Å²) in [6.07, 6.45) is 0. The number of aryl methyl sites for hydroxylation is 1. The van der Waals surface area contributed by atoms with Gasteiger partial charge in [-0.15, -0.1) is 0 Å². The number of aromatic nitrogens is 1. The Balaban J connectivity index is 1.57. The van der Waals surface area contributed by atoms with E-state index in [1.165, 1.54) is 5.56 Å². The summed E-state index contributed by atoms with van der Waals surface area (Å²) in [5, 5.41) is 10.3. The van der Waals surface area contributed by atoms with Crippen molar-refractivity contribution in [3.05, 3.63) is 46.5 Å².